The maximum atomic E-state index is 13.9. The normalized spacial score (nSPS) is 29.8. The molecule has 3 fully saturated rings. The number of nitrogens with zero attached hydrogens (tertiary/aromatic N) is 1. The van der Waals surface area contributed by atoms with E-state index in [0.717, 1.165) is 24.9 Å². The van der Waals surface area contributed by atoms with Gasteiger partial charge in [-0.05, 0) is 49.7 Å². The summed E-state index contributed by atoms with van der Waals surface area (Å²) >= 11 is 0. The maximum Gasteiger partial charge on any atom is 0.226 e. The van der Waals surface area contributed by atoms with Crippen molar-refractivity contribution in [2.24, 2.45) is 5.92 Å². The summed E-state index contributed by atoms with van der Waals surface area (Å²) in [7, 11) is 0. The van der Waals surface area contributed by atoms with Crippen LogP contribution < -0.4 is 0 Å². The van der Waals surface area contributed by atoms with E-state index in [1.54, 1.807) is 6.07 Å². The van der Waals surface area contributed by atoms with Gasteiger partial charge >= 0.3 is 0 Å². The number of rotatable bonds is 2. The molecule has 1 heterocycles. The minimum absolute atomic E-state index is 0.0220. The van der Waals surface area contributed by atoms with E-state index in [-0.39, 0.29) is 23.2 Å². The molecule has 1 spiro atoms. The van der Waals surface area contributed by atoms with Gasteiger partial charge in [0, 0.05) is 18.0 Å². The molecule has 2 aliphatic carbocycles. The first-order valence-corrected chi connectivity index (χ1v) is 8.77. The van der Waals surface area contributed by atoms with Crippen LogP contribution in [0.15, 0.2) is 24.3 Å². The Hall–Kier alpha value is -1.38. The highest BCUT2D eigenvalue weighted by molar-refractivity contribution is 5.84. The molecule has 3 heteroatoms. The van der Waals surface area contributed by atoms with Gasteiger partial charge in [0.2, 0.25) is 5.91 Å². The molecule has 1 saturated heterocycles. The Labute approximate surface area is 131 Å². The summed E-state index contributed by atoms with van der Waals surface area (Å²) in [6, 6.07) is 6.94. The average Bonchev–Trinajstić information content (AvgIpc) is 3.24. The van der Waals surface area contributed by atoms with E-state index < -0.39 is 0 Å². The minimum Gasteiger partial charge on any atom is -0.337 e. The van der Waals surface area contributed by atoms with Crippen LogP contribution in [0.1, 0.15) is 62.8 Å². The van der Waals surface area contributed by atoms with Gasteiger partial charge in [-0.2, -0.15) is 0 Å². The average molecular weight is 301 g/mol. The fourth-order valence-electron chi connectivity index (χ4n) is 4.80. The SMILES string of the molecule is O=C([C@@H]1C[C@@H]1c1ccccc1F)N1CCCC12CCCCC2. The third-order valence-electron chi connectivity index (χ3n) is 6.06. The minimum atomic E-state index is -0.156. The first-order valence-electron chi connectivity index (χ1n) is 8.77. The summed E-state index contributed by atoms with van der Waals surface area (Å²) in [5.41, 5.74) is 0.885. The van der Waals surface area contributed by atoms with E-state index in [4.69, 9.17) is 0 Å². The predicted octanol–water partition coefficient (Wildman–Crippen LogP) is 4.25. The second-order valence-electron chi connectivity index (χ2n) is 7.35. The number of halogens is 1. The molecule has 1 amide bonds. The Balaban J connectivity index is 1.50. The molecule has 0 unspecified atom stereocenters. The van der Waals surface area contributed by atoms with Crippen LogP contribution >= 0.6 is 0 Å². The molecule has 0 bridgehead atoms. The molecule has 0 radical (unpaired) electrons. The first kappa shape index (κ1) is 14.2. The maximum absolute atomic E-state index is 13.9. The lowest BCUT2D eigenvalue weighted by atomic mass is 9.79. The van der Waals surface area contributed by atoms with Crippen LogP contribution in [-0.4, -0.2) is 22.9 Å². The summed E-state index contributed by atoms with van der Waals surface area (Å²) in [5.74, 6) is 0.271. The lowest BCUT2D eigenvalue weighted by molar-refractivity contribution is -0.138. The summed E-state index contributed by atoms with van der Waals surface area (Å²) in [4.78, 5) is 15.2. The first-order chi connectivity index (χ1) is 10.7. The number of carbonyl (C=O) groups excluding carboxylic acids is 1. The highest BCUT2D eigenvalue weighted by atomic mass is 19.1. The Bertz CT molecular complexity index is 579. The molecule has 3 aliphatic rings. The molecule has 118 valence electrons. The second-order valence-corrected chi connectivity index (χ2v) is 7.35. The standard InChI is InChI=1S/C19H24FNO/c20-17-8-3-2-7-14(17)15-13-16(15)18(22)21-12-6-11-19(21)9-4-1-5-10-19/h2-3,7-8,15-16H,1,4-6,9-13H2/t15-,16-/m1/s1. The predicted molar refractivity (Wildman–Crippen MR) is 84.0 cm³/mol. The molecule has 1 aromatic carbocycles. The zero-order chi connectivity index (χ0) is 15.2. The van der Waals surface area contributed by atoms with E-state index in [9.17, 15) is 9.18 Å². The number of benzene rings is 1. The van der Waals surface area contributed by atoms with Crippen molar-refractivity contribution in [2.75, 3.05) is 6.54 Å². The van der Waals surface area contributed by atoms with Crippen LogP contribution in [0, 0.1) is 11.7 Å². The number of hydrogen-bond donors (Lipinski definition) is 0. The molecular formula is C19H24FNO. The van der Waals surface area contributed by atoms with Crippen LogP contribution in [0.2, 0.25) is 0 Å². The van der Waals surface area contributed by atoms with Crippen molar-refractivity contribution in [3.05, 3.63) is 35.6 Å². The number of amides is 1. The van der Waals surface area contributed by atoms with Gasteiger partial charge in [0.1, 0.15) is 5.82 Å². The Morgan fingerprint density at radius 2 is 1.82 bits per heavy atom. The zero-order valence-electron chi connectivity index (χ0n) is 13.1. The van der Waals surface area contributed by atoms with E-state index >= 15 is 0 Å². The molecule has 1 aromatic rings. The van der Waals surface area contributed by atoms with Crippen molar-refractivity contribution in [2.45, 2.75) is 62.8 Å². The highest BCUT2D eigenvalue weighted by Crippen LogP contribution is 2.52. The Morgan fingerprint density at radius 3 is 2.59 bits per heavy atom. The van der Waals surface area contributed by atoms with Gasteiger partial charge < -0.3 is 4.90 Å². The largest absolute Gasteiger partial charge is 0.337 e. The van der Waals surface area contributed by atoms with Crippen LogP contribution in [0.4, 0.5) is 4.39 Å². The van der Waals surface area contributed by atoms with E-state index in [0.29, 0.717) is 5.91 Å². The summed E-state index contributed by atoms with van der Waals surface area (Å²) in [6.07, 6.45) is 9.32. The summed E-state index contributed by atoms with van der Waals surface area (Å²) in [6.45, 7) is 0.916. The topological polar surface area (TPSA) is 20.3 Å². The van der Waals surface area contributed by atoms with Crippen molar-refractivity contribution in [1.82, 2.24) is 4.90 Å². The van der Waals surface area contributed by atoms with Gasteiger partial charge in [-0.3, -0.25) is 4.79 Å². The molecule has 2 nitrogen and oxygen atoms in total. The highest BCUT2D eigenvalue weighted by Gasteiger charge is 2.52. The fraction of sp³-hybridized carbons (Fsp3) is 0.632. The number of hydrogen-bond acceptors (Lipinski definition) is 1. The molecule has 2 saturated carbocycles. The van der Waals surface area contributed by atoms with Gasteiger partial charge in [-0.1, -0.05) is 37.5 Å². The Kier molecular flexibility index (Phi) is 3.47. The van der Waals surface area contributed by atoms with Crippen molar-refractivity contribution in [3.63, 3.8) is 0 Å². The third kappa shape index (κ3) is 2.26. The van der Waals surface area contributed by atoms with Crippen molar-refractivity contribution in [1.29, 1.82) is 0 Å². The van der Waals surface area contributed by atoms with Crippen molar-refractivity contribution < 1.29 is 9.18 Å². The summed E-state index contributed by atoms with van der Waals surface area (Å²) in [5, 5.41) is 0. The molecule has 0 aromatic heterocycles. The van der Waals surface area contributed by atoms with Crippen LogP contribution in [-0.2, 0) is 4.79 Å². The molecule has 1 aliphatic heterocycles. The molecule has 0 N–H and O–H groups in total. The number of likely N-dealkylation sites (tertiary alicyclic amines) is 1. The molecular weight excluding hydrogens is 277 g/mol. The van der Waals surface area contributed by atoms with E-state index in [2.05, 4.69) is 4.90 Å². The summed E-state index contributed by atoms with van der Waals surface area (Å²) < 4.78 is 13.9. The lowest BCUT2D eigenvalue weighted by Crippen LogP contribution is -2.49. The van der Waals surface area contributed by atoms with E-state index in [1.807, 2.05) is 12.1 Å². The van der Waals surface area contributed by atoms with Crippen LogP contribution in [0.3, 0.4) is 0 Å². The quantitative estimate of drug-likeness (QED) is 0.799. The molecule has 2 atom stereocenters. The van der Waals surface area contributed by atoms with Crippen molar-refractivity contribution >= 4 is 5.91 Å². The van der Waals surface area contributed by atoms with Crippen molar-refractivity contribution in [3.8, 4) is 0 Å². The van der Waals surface area contributed by atoms with Gasteiger partial charge in [0.25, 0.3) is 0 Å². The number of carbonyl (C=O) groups is 1. The molecule has 4 rings (SSSR count). The lowest BCUT2D eigenvalue weighted by Gasteiger charge is -2.42. The third-order valence-corrected chi connectivity index (χ3v) is 6.06. The smallest absolute Gasteiger partial charge is 0.226 e. The molecule has 22 heavy (non-hydrogen) atoms. The Morgan fingerprint density at radius 1 is 1.09 bits per heavy atom. The van der Waals surface area contributed by atoms with Crippen LogP contribution in [0.5, 0.6) is 0 Å². The van der Waals surface area contributed by atoms with E-state index in [1.165, 1.54) is 44.6 Å². The van der Waals surface area contributed by atoms with Gasteiger partial charge in [-0.15, -0.1) is 0 Å². The zero-order valence-corrected chi connectivity index (χ0v) is 13.1. The van der Waals surface area contributed by atoms with Gasteiger partial charge in [0.15, 0.2) is 0 Å². The van der Waals surface area contributed by atoms with Gasteiger partial charge in [-0.25, -0.2) is 4.39 Å². The fourth-order valence-corrected chi connectivity index (χ4v) is 4.80. The monoisotopic (exact) mass is 301 g/mol. The van der Waals surface area contributed by atoms with Crippen LogP contribution in [0.25, 0.3) is 0 Å². The van der Waals surface area contributed by atoms with Gasteiger partial charge in [0.05, 0.1) is 0 Å². The second kappa shape index (κ2) is 5.36.